The van der Waals surface area contributed by atoms with Gasteiger partial charge in [0, 0.05) is 80.3 Å². The van der Waals surface area contributed by atoms with Crippen LogP contribution >= 0.6 is 15.9 Å². The standard InChI is InChI=1S/C22H32BNO5.C22H30BNO5.C19H25BN2O4.C19H27BrN2O4.C9H16BNO2.C9H14BNO2/c2*1-18(28-14-13-27-17-20(25)8-3-4-11-23)16-29-21-9-5-7-19(15-21)22(26)10-6-12-24-2;2*1-15(25-14-19(24)22-11-5-9-20)13-26-17-7-3-6-16(12-17)18(23)8-4-10-21-2;2*1-3-8(2)13-7-9(12)11-6-4-5-10/h4-5,7,9,11,15,18,24H,3,6,8,10,12-14,16-17H2,1-2H3;5,7,9,15,18,24H,3,6,8,10,12-14,16-17H2,1-2H3;3,6-7,12,15,21H,4,8,10-11,13-14H2,1-2H3,(H,22,24);3,5-7,9,12,15,21H,4,8,10-11,13-14H2,1-2H3,(H,22,24);4-5,8H,3,6-7H2,1-2H3,(H,11,12);8H,3,6-7H2,1-2H3,(H,11,12)/b11-4+;;;9-5+;5-4+;. The summed E-state index contributed by atoms with van der Waals surface area (Å²) in [6.07, 6.45) is 13.5. The van der Waals surface area contributed by atoms with Crippen LogP contribution in [0.2, 0.25) is 0 Å². The van der Waals surface area contributed by atoms with Crippen LogP contribution in [0.25, 0.3) is 0 Å². The lowest BCUT2D eigenvalue weighted by Crippen LogP contribution is -2.31. The van der Waals surface area contributed by atoms with E-state index in [4.69, 9.17) is 96.1 Å². The number of Topliss-reactive ketones (excluding diaryl/α,β-unsaturated/α-hetero) is 6. The predicted molar refractivity (Wildman–Crippen MR) is 541 cm³/mol. The van der Waals surface area contributed by atoms with E-state index in [0.29, 0.717) is 156 Å². The monoisotopic (exact) mass is 1940 g/mol. The average Bonchev–Trinajstić information content (AvgIpc) is 0.895. The van der Waals surface area contributed by atoms with Gasteiger partial charge in [-0.05, 0) is 194 Å². The van der Waals surface area contributed by atoms with Crippen molar-refractivity contribution in [1.29, 1.82) is 0 Å². The second-order valence-corrected chi connectivity index (χ2v) is 30.6. The zero-order valence-electron chi connectivity index (χ0n) is 81.9. The molecular weight excluding hydrogens is 1800 g/mol. The highest BCUT2D eigenvalue weighted by Crippen LogP contribution is 2.21. The number of ether oxygens (including phenoxy) is 12. The molecule has 6 atom stereocenters. The molecule has 6 unspecified atom stereocenters. The number of carbonyl (C=O) groups is 10. The molecule has 0 aliphatic rings. The maximum absolute atomic E-state index is 12.2. The fourth-order valence-electron chi connectivity index (χ4n) is 10.3. The molecule has 136 heavy (non-hydrogen) atoms. The van der Waals surface area contributed by atoms with Gasteiger partial charge >= 0.3 is 0 Å². The first-order chi connectivity index (χ1) is 65.7. The lowest BCUT2D eigenvalue weighted by atomic mass is 10.1. The Balaban J connectivity index is 0. The summed E-state index contributed by atoms with van der Waals surface area (Å²) in [5, 5.41) is 22.5. The Bertz CT molecular complexity index is 4230. The summed E-state index contributed by atoms with van der Waals surface area (Å²) in [6.45, 7) is 22.9. The summed E-state index contributed by atoms with van der Waals surface area (Å²) in [5.74, 6) is 19.4. The molecule has 4 aromatic rings. The zero-order valence-corrected chi connectivity index (χ0v) is 83.5. The minimum absolute atomic E-state index is 0.00971. The molecule has 4 rings (SSSR count). The quantitative estimate of drug-likeness (QED) is 0.00883. The Hall–Kier alpha value is -9.80. The van der Waals surface area contributed by atoms with Crippen molar-refractivity contribution in [2.45, 2.75) is 182 Å². The molecule has 0 spiro atoms. The number of carbonyl (C=O) groups excluding carboxylic acids is 10. The van der Waals surface area contributed by atoms with Gasteiger partial charge in [-0.2, -0.15) is 17.5 Å². The maximum atomic E-state index is 12.2. The number of hydrogen-bond donors (Lipinski definition) is 8. The average molecular weight is 1940 g/mol. The largest absolute Gasteiger partial charge is 0.491 e. The van der Waals surface area contributed by atoms with Crippen LogP contribution < -0.4 is 61.5 Å². The molecular formula is C100H144B5BrN8O22. The molecule has 4 amide bonds. The van der Waals surface area contributed by atoms with Crippen molar-refractivity contribution in [3.05, 3.63) is 154 Å². The fourth-order valence-corrected chi connectivity index (χ4v) is 10.5. The Labute approximate surface area is 823 Å². The molecule has 10 radical (unpaired) electrons. The molecule has 8 N–H and O–H groups in total. The molecule has 0 saturated heterocycles. The van der Waals surface area contributed by atoms with Gasteiger partial charge in [-0.15, -0.1) is 17.9 Å². The number of allylic oxidation sites excluding steroid dienone is 1. The van der Waals surface area contributed by atoms with Crippen LogP contribution in [0.3, 0.4) is 0 Å². The van der Waals surface area contributed by atoms with Crippen LogP contribution in [0.4, 0.5) is 0 Å². The van der Waals surface area contributed by atoms with Crippen molar-refractivity contribution in [3.63, 3.8) is 0 Å². The van der Waals surface area contributed by atoms with Crippen LogP contribution in [-0.4, -0.2) is 307 Å². The molecule has 0 aliphatic carbocycles. The van der Waals surface area contributed by atoms with Gasteiger partial charge in [-0.3, -0.25) is 47.9 Å². The molecule has 36 heteroatoms. The summed E-state index contributed by atoms with van der Waals surface area (Å²) in [6, 6.07) is 28.6. The number of ketones is 6. The zero-order chi connectivity index (χ0) is 101. The van der Waals surface area contributed by atoms with E-state index >= 15 is 0 Å². The van der Waals surface area contributed by atoms with Crippen LogP contribution in [-0.2, 0) is 66.7 Å². The number of nitrogens with one attached hydrogen (secondary N) is 8. The van der Waals surface area contributed by atoms with Gasteiger partial charge in [0.05, 0.1) is 76.1 Å². The minimum Gasteiger partial charge on any atom is -0.491 e. The normalized spacial score (nSPS) is 11.8. The maximum Gasteiger partial charge on any atom is 0.246 e. The van der Waals surface area contributed by atoms with Gasteiger partial charge in [-0.1, -0.05) is 108 Å². The lowest BCUT2D eigenvalue weighted by Gasteiger charge is -2.15. The number of halogens is 1. The highest BCUT2D eigenvalue weighted by atomic mass is 79.9. The number of hydrogen-bond acceptors (Lipinski definition) is 26. The highest BCUT2D eigenvalue weighted by molar-refractivity contribution is 9.11. The topological polar surface area (TPSA) is 378 Å². The highest BCUT2D eigenvalue weighted by Gasteiger charge is 2.17. The summed E-state index contributed by atoms with van der Waals surface area (Å²) < 4.78 is 65.9. The number of amides is 4. The Kier molecular flexibility index (Phi) is 85.2. The van der Waals surface area contributed by atoms with Crippen molar-refractivity contribution in [1.82, 2.24) is 42.5 Å². The van der Waals surface area contributed by atoms with Gasteiger partial charge < -0.3 is 99.4 Å². The molecule has 0 aromatic heterocycles. The number of benzene rings is 4. The van der Waals surface area contributed by atoms with Crippen molar-refractivity contribution >= 4 is 113 Å². The summed E-state index contributed by atoms with van der Waals surface area (Å²) >= 11 is 3.13. The third-order valence-electron chi connectivity index (χ3n) is 18.2. The van der Waals surface area contributed by atoms with E-state index in [9.17, 15) is 47.9 Å². The second-order valence-electron chi connectivity index (χ2n) is 30.1. The van der Waals surface area contributed by atoms with E-state index in [2.05, 4.69) is 93.7 Å². The van der Waals surface area contributed by atoms with E-state index in [1.54, 1.807) is 103 Å². The molecule has 0 fully saturated rings. The predicted octanol–water partition coefficient (Wildman–Crippen LogP) is 9.07. The van der Waals surface area contributed by atoms with E-state index in [1.807, 2.05) is 101 Å². The van der Waals surface area contributed by atoms with Crippen molar-refractivity contribution in [2.24, 2.45) is 0 Å². The third-order valence-corrected chi connectivity index (χ3v) is 18.6. The van der Waals surface area contributed by atoms with Crippen LogP contribution in [0.15, 0.2) is 132 Å². The lowest BCUT2D eigenvalue weighted by molar-refractivity contribution is -0.128. The molecule has 30 nitrogen and oxygen atoms in total. The minimum atomic E-state index is -0.281. The first-order valence-corrected chi connectivity index (χ1v) is 46.7. The molecule has 0 bridgehead atoms. The van der Waals surface area contributed by atoms with Crippen molar-refractivity contribution in [2.75, 3.05) is 173 Å². The molecule has 0 aliphatic heterocycles. The second kappa shape index (κ2) is 90.4. The van der Waals surface area contributed by atoms with E-state index in [0.717, 1.165) is 64.7 Å². The Morgan fingerprint density at radius 2 is 0.669 bits per heavy atom. The number of rotatable bonds is 69. The van der Waals surface area contributed by atoms with E-state index in [-0.39, 0.29) is 154 Å². The van der Waals surface area contributed by atoms with Crippen LogP contribution in [0, 0.1) is 35.2 Å². The van der Waals surface area contributed by atoms with Crippen molar-refractivity contribution < 1.29 is 105 Å². The fraction of sp³-hybridized carbons (Fsp3) is 0.540. The Morgan fingerprint density at radius 1 is 0.368 bits per heavy atom. The molecule has 0 saturated carbocycles. The first-order valence-electron chi connectivity index (χ1n) is 45.8. The van der Waals surface area contributed by atoms with Gasteiger partial charge in [0.2, 0.25) is 23.6 Å². The summed E-state index contributed by atoms with van der Waals surface area (Å²) in [5.41, 5.74) is 2.59. The van der Waals surface area contributed by atoms with E-state index in [1.165, 1.54) is 12.0 Å². The summed E-state index contributed by atoms with van der Waals surface area (Å²) in [4.78, 5) is 118. The van der Waals surface area contributed by atoms with Crippen LogP contribution in [0.5, 0.6) is 23.0 Å². The third kappa shape index (κ3) is 77.3. The van der Waals surface area contributed by atoms with Crippen molar-refractivity contribution in [3.8, 4) is 58.2 Å². The molecule has 738 valence electrons. The van der Waals surface area contributed by atoms with Gasteiger partial charge in [0.1, 0.15) is 105 Å². The molecule has 4 aromatic carbocycles. The Morgan fingerprint density at radius 3 is 0.971 bits per heavy atom. The van der Waals surface area contributed by atoms with Gasteiger partial charge in [0.15, 0.2) is 58.2 Å². The summed E-state index contributed by atoms with van der Waals surface area (Å²) in [7, 11) is 32.7. The van der Waals surface area contributed by atoms with E-state index < -0.39 is 0 Å². The van der Waals surface area contributed by atoms with Gasteiger partial charge in [-0.25, -0.2) is 0 Å². The van der Waals surface area contributed by atoms with Gasteiger partial charge in [0.25, 0.3) is 0 Å². The van der Waals surface area contributed by atoms with Crippen LogP contribution in [0.1, 0.15) is 187 Å². The SMILES string of the molecule is CNCCCC(=O)c1cccc(OCC(C)OCC(=O)NC/C=C/Br)c1.[B]/C=C/CCC(=O)COCCOC(C)COc1cccc(C(=O)CCCNC)c1.[B]/C=C/CNC(=O)COC(C)CC.[B]C#CCCC(=O)COCCOC(C)COc1cccc(C(=O)CCCNC)c1.[B]C#CCNC(=O)COC(C)CC.[B]C#CCNC(=O)COC(C)COc1cccc(C(=O)CCCNC)c1. The smallest absolute Gasteiger partial charge is 0.246 e. The first kappa shape index (κ1) is 128. The molecule has 0 heterocycles.